The van der Waals surface area contributed by atoms with Crippen molar-refractivity contribution in [3.63, 3.8) is 0 Å². The molecule has 0 spiro atoms. The average Bonchev–Trinajstić information content (AvgIpc) is 1.97. The van der Waals surface area contributed by atoms with Gasteiger partial charge < -0.3 is 33.3 Å². The molecule has 0 saturated carbocycles. The predicted molar refractivity (Wildman–Crippen MR) is 453 cm³/mol. The molecule has 0 aliphatic heterocycles. The van der Waals surface area contributed by atoms with Crippen molar-refractivity contribution >= 4 is 17.9 Å². The van der Waals surface area contributed by atoms with E-state index < -0.39 is 24.3 Å². The maximum atomic E-state index is 13.0. The van der Waals surface area contributed by atoms with E-state index >= 15 is 0 Å². The molecule has 0 radical (unpaired) electrons. The Labute approximate surface area is 646 Å². The minimum Gasteiger partial charge on any atom is -0.545 e. The van der Waals surface area contributed by atoms with E-state index in [2.05, 4.69) is 208 Å². The van der Waals surface area contributed by atoms with Gasteiger partial charge >= 0.3 is 11.9 Å². The van der Waals surface area contributed by atoms with Gasteiger partial charge in [0.1, 0.15) is 13.2 Å². The molecule has 0 aromatic heterocycles. The zero-order valence-electron chi connectivity index (χ0n) is 68.0. The number of carbonyl (C=O) groups excluding carboxylic acids is 3. The smallest absolute Gasteiger partial charge is 0.306 e. The van der Waals surface area contributed by atoms with Crippen LogP contribution in [0.5, 0.6) is 0 Å². The molecule has 0 rings (SSSR count). The average molecular weight is 1450 g/mol. The Morgan fingerprint density at radius 2 is 0.514 bits per heavy atom. The first kappa shape index (κ1) is 99.1. The number of hydrogen-bond donors (Lipinski definition) is 0. The van der Waals surface area contributed by atoms with Gasteiger partial charge in [0.15, 0.2) is 12.4 Å². The van der Waals surface area contributed by atoms with Crippen LogP contribution in [0.4, 0.5) is 0 Å². The second-order valence-corrected chi connectivity index (χ2v) is 29.0. The summed E-state index contributed by atoms with van der Waals surface area (Å²) in [6.45, 7) is 4.48. The number of likely N-dealkylation sites (N-methyl/N-ethyl adjacent to an activating group) is 1. The van der Waals surface area contributed by atoms with Crippen LogP contribution in [0.15, 0.2) is 194 Å². The molecule has 0 aliphatic carbocycles. The lowest BCUT2D eigenvalue weighted by atomic mass is 10.0. The third-order valence-corrected chi connectivity index (χ3v) is 17.8. The van der Waals surface area contributed by atoms with Crippen molar-refractivity contribution < 1.29 is 42.9 Å². The number of ether oxygens (including phenoxy) is 4. The van der Waals surface area contributed by atoms with Gasteiger partial charge in [0.2, 0.25) is 0 Å². The van der Waals surface area contributed by atoms with Crippen molar-refractivity contribution in [1.29, 1.82) is 0 Å². The number of carboxylic acid groups (broad SMARTS) is 1. The largest absolute Gasteiger partial charge is 0.545 e. The summed E-state index contributed by atoms with van der Waals surface area (Å²) in [6, 6.07) is 0. The van der Waals surface area contributed by atoms with E-state index in [9.17, 15) is 19.5 Å². The topological polar surface area (TPSA) is 111 Å². The van der Waals surface area contributed by atoms with Gasteiger partial charge in [0, 0.05) is 12.8 Å². The van der Waals surface area contributed by atoms with E-state index in [0.29, 0.717) is 17.4 Å². The van der Waals surface area contributed by atoms with Crippen LogP contribution < -0.4 is 5.11 Å². The summed E-state index contributed by atoms with van der Waals surface area (Å²) in [6.07, 6.45) is 126. The predicted octanol–water partition coefficient (Wildman–Crippen LogP) is 26.7. The van der Waals surface area contributed by atoms with Crippen molar-refractivity contribution in [2.24, 2.45) is 0 Å². The van der Waals surface area contributed by atoms with Gasteiger partial charge in [0.05, 0.1) is 40.3 Å². The lowest BCUT2D eigenvalue weighted by molar-refractivity contribution is -0.870. The number of carboxylic acids is 1. The second kappa shape index (κ2) is 83.8. The van der Waals surface area contributed by atoms with Crippen LogP contribution in [0.2, 0.25) is 0 Å². The number of nitrogens with zero attached hydrogens (tertiary/aromatic N) is 1. The zero-order chi connectivity index (χ0) is 76.0. The summed E-state index contributed by atoms with van der Waals surface area (Å²) in [5.41, 5.74) is 0. The molecular formula is C96H157NO8. The highest BCUT2D eigenvalue weighted by molar-refractivity contribution is 5.70. The molecule has 2 unspecified atom stereocenters. The Morgan fingerprint density at radius 3 is 0.781 bits per heavy atom. The summed E-state index contributed by atoms with van der Waals surface area (Å²) in [5, 5.41) is 11.9. The van der Waals surface area contributed by atoms with Crippen molar-refractivity contribution in [3.05, 3.63) is 194 Å². The lowest BCUT2D eigenvalue weighted by Crippen LogP contribution is -2.44. The monoisotopic (exact) mass is 1450 g/mol. The van der Waals surface area contributed by atoms with E-state index in [1.165, 1.54) is 167 Å². The van der Waals surface area contributed by atoms with Crippen molar-refractivity contribution in [3.8, 4) is 0 Å². The molecule has 0 aromatic rings. The molecule has 594 valence electrons. The fourth-order valence-corrected chi connectivity index (χ4v) is 11.5. The van der Waals surface area contributed by atoms with E-state index in [0.717, 1.165) is 135 Å². The summed E-state index contributed by atoms with van der Waals surface area (Å²) in [5.74, 6) is -2.35. The molecule has 9 nitrogen and oxygen atoms in total. The van der Waals surface area contributed by atoms with Crippen LogP contribution in [0.3, 0.4) is 0 Å². The molecule has 0 aliphatic rings. The number of allylic oxidation sites excluding steroid dienone is 32. The Hall–Kier alpha value is -5.87. The first-order valence-corrected chi connectivity index (χ1v) is 42.6. The van der Waals surface area contributed by atoms with E-state index in [1.54, 1.807) is 0 Å². The summed E-state index contributed by atoms with van der Waals surface area (Å²) >= 11 is 0. The van der Waals surface area contributed by atoms with Gasteiger partial charge in [-0.05, 0) is 141 Å². The quantitative estimate of drug-likeness (QED) is 0.0195. The third-order valence-electron chi connectivity index (χ3n) is 17.8. The number of esters is 2. The summed E-state index contributed by atoms with van der Waals surface area (Å²) in [4.78, 5) is 37.6. The molecule has 0 N–H and O–H groups in total. The molecule has 0 saturated heterocycles. The van der Waals surface area contributed by atoms with Crippen molar-refractivity contribution in [2.75, 3.05) is 47.5 Å². The fourth-order valence-electron chi connectivity index (χ4n) is 11.5. The molecule has 0 heterocycles. The highest BCUT2D eigenvalue weighted by Gasteiger charge is 2.22. The Kier molecular flexibility index (Phi) is 79.1. The molecule has 105 heavy (non-hydrogen) atoms. The SMILES string of the molecule is CC/C=C\C/C=C\C/C=C\C/C=C\C/C=C\C/C=C\C/C=C\C/C=C\C/C=C\C/C=C\C/C=C\C/C=C\CCCCC(=O)OC(COC(=O)CCCCCCCCCCCCCCCCCCCCCCCCCCCCCC/C=C\C/C=C\C/C=C\C/C=C\CC)COC(OCC[N+](C)(C)C)C(=O)[O-]. The Morgan fingerprint density at radius 1 is 0.286 bits per heavy atom. The first-order chi connectivity index (χ1) is 51.6. The van der Waals surface area contributed by atoms with E-state index in [4.69, 9.17) is 18.9 Å². The maximum absolute atomic E-state index is 13.0. The molecule has 0 amide bonds. The van der Waals surface area contributed by atoms with Gasteiger partial charge in [-0.3, -0.25) is 9.59 Å². The van der Waals surface area contributed by atoms with Crippen LogP contribution >= 0.6 is 0 Å². The second-order valence-electron chi connectivity index (χ2n) is 29.0. The van der Waals surface area contributed by atoms with Gasteiger partial charge in [-0.25, -0.2) is 0 Å². The highest BCUT2D eigenvalue weighted by Crippen LogP contribution is 2.18. The van der Waals surface area contributed by atoms with Crippen molar-refractivity contribution in [1.82, 2.24) is 0 Å². The van der Waals surface area contributed by atoms with Gasteiger partial charge in [-0.1, -0.05) is 375 Å². The number of hydrogen-bond acceptors (Lipinski definition) is 8. The molecule has 9 heteroatoms. The van der Waals surface area contributed by atoms with Crippen LogP contribution in [0.25, 0.3) is 0 Å². The molecule has 0 fully saturated rings. The Bertz CT molecular complexity index is 2450. The minimum absolute atomic E-state index is 0.131. The van der Waals surface area contributed by atoms with Crippen LogP contribution in [-0.4, -0.2) is 82.3 Å². The van der Waals surface area contributed by atoms with Gasteiger partial charge in [-0.15, -0.1) is 0 Å². The number of carbonyl (C=O) groups is 3. The minimum atomic E-state index is -1.65. The maximum Gasteiger partial charge on any atom is 0.306 e. The number of rotatable bonds is 77. The van der Waals surface area contributed by atoms with E-state index in [-0.39, 0.29) is 38.6 Å². The molecular weight excluding hydrogens is 1300 g/mol. The summed E-state index contributed by atoms with van der Waals surface area (Å²) < 4.78 is 22.8. The zero-order valence-corrected chi connectivity index (χ0v) is 68.0. The number of quaternary nitrogens is 1. The fraction of sp³-hybridized carbons (Fsp3) is 0.635. The van der Waals surface area contributed by atoms with Crippen molar-refractivity contribution in [2.45, 2.75) is 347 Å². The van der Waals surface area contributed by atoms with Crippen LogP contribution in [-0.2, 0) is 33.3 Å². The standard InChI is InChI=1S/C96H157NO8/c1-6-8-10-12-14-16-18-20-22-24-26-28-30-32-34-36-38-40-42-44-46-47-49-50-52-54-56-58-60-62-64-66-68-70-72-74-76-78-80-82-84-86-93(98)103-90-92(91-104-96(95(100)101)102-89-88-97(3,4)5)105-94(99)87-85-83-81-79-77-75-73-71-69-67-65-63-61-59-57-55-53-51-48-45-43-41-39-37-35-33-31-29-27-25-23-21-19-17-15-13-11-9-7-2/h8-11,14-17,20-23,26-29,33,35,39,41,45,48,53,55,59,61,65,67,71,73,77,79,92,96H,6-7,12-13,18-19,24-25,30-32,34,36-38,40,42-44,46-47,49-52,54,56-58,60,62-64,66,68-70,72,74-76,78,80-91H2,1-5H3/b10-8-,11-9-,16-14-,17-15-,22-20-,23-21-,28-26-,29-27-,35-33-,41-39-,48-45-,55-53-,61-59-,67-65-,73-71-,79-77-. The normalized spacial score (nSPS) is 13.6. The number of unbranched alkanes of at least 4 members (excludes halogenated alkanes) is 30. The van der Waals surface area contributed by atoms with Gasteiger partial charge in [0.25, 0.3) is 0 Å². The Balaban J connectivity index is 4.09. The molecule has 0 bridgehead atoms. The van der Waals surface area contributed by atoms with Crippen LogP contribution in [0, 0.1) is 0 Å². The first-order valence-electron chi connectivity index (χ1n) is 42.6. The molecule has 0 aromatic carbocycles. The summed E-state index contributed by atoms with van der Waals surface area (Å²) in [7, 11) is 5.92. The van der Waals surface area contributed by atoms with E-state index in [1.807, 2.05) is 21.1 Å². The van der Waals surface area contributed by atoms with Gasteiger partial charge in [-0.2, -0.15) is 0 Å². The van der Waals surface area contributed by atoms with Crippen LogP contribution in [0.1, 0.15) is 335 Å². The number of aliphatic carboxylic acids is 1. The third kappa shape index (κ3) is 85.3. The lowest BCUT2D eigenvalue weighted by Gasteiger charge is -2.26. The highest BCUT2D eigenvalue weighted by atomic mass is 16.7. The molecule has 2 atom stereocenters.